The highest BCUT2D eigenvalue weighted by atomic mass is 35.5. The highest BCUT2D eigenvalue weighted by Gasteiger charge is 2.37. The highest BCUT2D eigenvalue weighted by molar-refractivity contribution is 6.33. The average Bonchev–Trinajstić information content (AvgIpc) is 2.40. The van der Waals surface area contributed by atoms with E-state index in [9.17, 15) is 9.59 Å². The van der Waals surface area contributed by atoms with Crippen LogP contribution in [-0.4, -0.2) is 29.6 Å². The zero-order valence-corrected chi connectivity index (χ0v) is 12.8. The third-order valence-electron chi connectivity index (χ3n) is 3.85. The Hall–Kier alpha value is -1.59. The first-order valence-corrected chi connectivity index (χ1v) is 7.26. The predicted octanol–water partition coefficient (Wildman–Crippen LogP) is 2.75. The van der Waals surface area contributed by atoms with Gasteiger partial charge in [0.1, 0.15) is 0 Å². The number of rotatable bonds is 3. The van der Waals surface area contributed by atoms with Crippen molar-refractivity contribution in [2.75, 3.05) is 11.9 Å². The van der Waals surface area contributed by atoms with Crippen LogP contribution in [0.2, 0.25) is 5.02 Å². The van der Waals surface area contributed by atoms with Crippen LogP contribution in [-0.2, 0) is 4.79 Å². The van der Waals surface area contributed by atoms with Gasteiger partial charge in [0, 0.05) is 5.69 Å². The van der Waals surface area contributed by atoms with E-state index in [4.69, 9.17) is 16.7 Å². The molecule has 0 saturated carbocycles. The van der Waals surface area contributed by atoms with Crippen LogP contribution in [0.15, 0.2) is 18.2 Å². The van der Waals surface area contributed by atoms with E-state index >= 15 is 0 Å². The number of carbonyl (C=O) groups excluding carboxylic acids is 1. The fraction of sp³-hybridized carbons (Fsp3) is 0.467. The quantitative estimate of drug-likeness (QED) is 0.802. The van der Waals surface area contributed by atoms with Gasteiger partial charge in [-0.1, -0.05) is 25.4 Å². The summed E-state index contributed by atoms with van der Waals surface area (Å²) < 4.78 is 0. The average molecular weight is 311 g/mol. The first-order valence-electron chi connectivity index (χ1n) is 6.88. The van der Waals surface area contributed by atoms with Crippen LogP contribution >= 0.6 is 11.6 Å². The number of piperidine rings is 1. The molecule has 1 aromatic carbocycles. The summed E-state index contributed by atoms with van der Waals surface area (Å²) in [5.41, 5.74) is 0.278. The summed E-state index contributed by atoms with van der Waals surface area (Å²) in [6, 6.07) is 4.15. The molecule has 0 aliphatic carbocycles. The van der Waals surface area contributed by atoms with Crippen LogP contribution in [0.4, 0.5) is 5.69 Å². The lowest BCUT2D eigenvalue weighted by molar-refractivity contribution is -0.121. The molecular formula is C15H19ClN2O3. The van der Waals surface area contributed by atoms with Gasteiger partial charge in [0.25, 0.3) is 0 Å². The molecular weight excluding hydrogens is 292 g/mol. The molecule has 1 heterocycles. The summed E-state index contributed by atoms with van der Waals surface area (Å²) in [5, 5.41) is 15.2. The number of carboxylic acids is 1. The van der Waals surface area contributed by atoms with Gasteiger partial charge in [0.05, 0.1) is 16.6 Å². The Morgan fingerprint density at radius 2 is 2.14 bits per heavy atom. The summed E-state index contributed by atoms with van der Waals surface area (Å²) >= 11 is 5.82. The van der Waals surface area contributed by atoms with Crippen molar-refractivity contribution in [1.82, 2.24) is 5.32 Å². The van der Waals surface area contributed by atoms with Crippen molar-refractivity contribution in [3.8, 4) is 0 Å². The van der Waals surface area contributed by atoms with Crippen molar-refractivity contribution >= 4 is 29.2 Å². The molecule has 5 nitrogen and oxygen atoms in total. The lowest BCUT2D eigenvalue weighted by Gasteiger charge is -2.38. The van der Waals surface area contributed by atoms with E-state index in [2.05, 4.69) is 10.6 Å². The second-order valence-electron chi connectivity index (χ2n) is 5.97. The van der Waals surface area contributed by atoms with Gasteiger partial charge in [-0.05, 0) is 43.0 Å². The maximum Gasteiger partial charge on any atom is 0.337 e. The van der Waals surface area contributed by atoms with Crippen LogP contribution < -0.4 is 10.6 Å². The number of aromatic carboxylic acids is 1. The largest absolute Gasteiger partial charge is 0.478 e. The predicted molar refractivity (Wildman–Crippen MR) is 81.8 cm³/mol. The topological polar surface area (TPSA) is 78.4 Å². The standard InChI is InChI=1S/C15H19ClN2O3/c1-15(2)6-3-7-17-12(15)13(19)18-9-4-5-11(16)10(8-9)14(20)21/h4-5,8,12,17H,3,6-7H2,1-2H3,(H,18,19)(H,20,21). The van der Waals surface area contributed by atoms with E-state index in [0.29, 0.717) is 5.69 Å². The Kier molecular flexibility index (Phi) is 4.54. The fourth-order valence-electron chi connectivity index (χ4n) is 2.64. The van der Waals surface area contributed by atoms with Crippen molar-refractivity contribution in [2.24, 2.45) is 5.41 Å². The van der Waals surface area contributed by atoms with E-state index < -0.39 is 5.97 Å². The minimum Gasteiger partial charge on any atom is -0.478 e. The van der Waals surface area contributed by atoms with Crippen molar-refractivity contribution < 1.29 is 14.7 Å². The maximum atomic E-state index is 12.4. The monoisotopic (exact) mass is 310 g/mol. The van der Waals surface area contributed by atoms with Gasteiger partial charge in [-0.25, -0.2) is 4.79 Å². The van der Waals surface area contributed by atoms with Gasteiger partial charge < -0.3 is 15.7 Å². The number of benzene rings is 1. The number of nitrogens with one attached hydrogen (secondary N) is 2. The van der Waals surface area contributed by atoms with Crippen molar-refractivity contribution in [3.63, 3.8) is 0 Å². The minimum atomic E-state index is -1.12. The van der Waals surface area contributed by atoms with Crippen LogP contribution in [0, 0.1) is 5.41 Å². The van der Waals surface area contributed by atoms with Crippen molar-refractivity contribution in [3.05, 3.63) is 28.8 Å². The molecule has 0 spiro atoms. The van der Waals surface area contributed by atoms with Crippen LogP contribution in [0.3, 0.4) is 0 Å². The molecule has 21 heavy (non-hydrogen) atoms. The van der Waals surface area contributed by atoms with Gasteiger partial charge in [0.15, 0.2) is 0 Å². The number of amides is 1. The van der Waals surface area contributed by atoms with Gasteiger partial charge >= 0.3 is 5.97 Å². The molecule has 0 radical (unpaired) electrons. The summed E-state index contributed by atoms with van der Waals surface area (Å²) in [6.45, 7) is 4.91. The molecule has 1 amide bonds. The third-order valence-corrected chi connectivity index (χ3v) is 4.18. The van der Waals surface area contributed by atoms with E-state index in [-0.39, 0.29) is 28.0 Å². The molecule has 0 aromatic heterocycles. The van der Waals surface area contributed by atoms with Gasteiger partial charge in [0.2, 0.25) is 5.91 Å². The molecule has 3 N–H and O–H groups in total. The number of anilines is 1. The lowest BCUT2D eigenvalue weighted by Crippen LogP contribution is -2.53. The third kappa shape index (κ3) is 3.54. The first kappa shape index (κ1) is 15.8. The second kappa shape index (κ2) is 6.03. The molecule has 2 rings (SSSR count). The molecule has 1 saturated heterocycles. The molecule has 1 fully saturated rings. The Morgan fingerprint density at radius 1 is 1.43 bits per heavy atom. The number of hydrogen-bond acceptors (Lipinski definition) is 3. The van der Waals surface area contributed by atoms with Crippen LogP contribution in [0.25, 0.3) is 0 Å². The smallest absolute Gasteiger partial charge is 0.337 e. The normalized spacial score (nSPS) is 20.8. The number of hydrogen-bond donors (Lipinski definition) is 3. The molecule has 0 bridgehead atoms. The zero-order valence-electron chi connectivity index (χ0n) is 12.1. The van der Waals surface area contributed by atoms with E-state index in [1.165, 1.54) is 12.1 Å². The Morgan fingerprint density at radius 3 is 2.76 bits per heavy atom. The van der Waals surface area contributed by atoms with E-state index in [1.54, 1.807) is 6.07 Å². The van der Waals surface area contributed by atoms with E-state index in [1.807, 2.05) is 13.8 Å². The molecule has 1 unspecified atom stereocenters. The highest BCUT2D eigenvalue weighted by Crippen LogP contribution is 2.31. The molecule has 114 valence electrons. The van der Waals surface area contributed by atoms with Crippen LogP contribution in [0.1, 0.15) is 37.0 Å². The second-order valence-corrected chi connectivity index (χ2v) is 6.38. The van der Waals surface area contributed by atoms with Gasteiger partial charge in [-0.2, -0.15) is 0 Å². The zero-order chi connectivity index (χ0) is 15.6. The molecule has 1 atom stereocenters. The lowest BCUT2D eigenvalue weighted by atomic mass is 9.77. The number of halogens is 1. The number of carbonyl (C=O) groups is 2. The van der Waals surface area contributed by atoms with Crippen molar-refractivity contribution in [1.29, 1.82) is 0 Å². The Labute approximate surface area is 128 Å². The summed E-state index contributed by atoms with van der Waals surface area (Å²) in [6.07, 6.45) is 2.01. The summed E-state index contributed by atoms with van der Waals surface area (Å²) in [5.74, 6) is -1.27. The maximum absolute atomic E-state index is 12.4. The summed E-state index contributed by atoms with van der Waals surface area (Å²) in [7, 11) is 0. The molecule has 1 aliphatic rings. The first-order chi connectivity index (χ1) is 9.81. The van der Waals surface area contributed by atoms with Gasteiger partial charge in [-0.3, -0.25) is 4.79 Å². The fourth-order valence-corrected chi connectivity index (χ4v) is 2.84. The number of carboxylic acid groups (broad SMARTS) is 1. The Balaban J connectivity index is 2.16. The van der Waals surface area contributed by atoms with Gasteiger partial charge in [-0.15, -0.1) is 0 Å². The summed E-state index contributed by atoms with van der Waals surface area (Å²) in [4.78, 5) is 23.5. The molecule has 1 aromatic rings. The van der Waals surface area contributed by atoms with E-state index in [0.717, 1.165) is 19.4 Å². The molecule has 6 heteroatoms. The SMILES string of the molecule is CC1(C)CCCNC1C(=O)Nc1ccc(Cl)c(C(=O)O)c1. The molecule has 1 aliphatic heterocycles. The van der Waals surface area contributed by atoms with Crippen molar-refractivity contribution in [2.45, 2.75) is 32.7 Å². The minimum absolute atomic E-state index is 0.0228. The van der Waals surface area contributed by atoms with Crippen LogP contribution in [0.5, 0.6) is 0 Å². The Bertz CT molecular complexity index is 572.